The molecule has 1 saturated heterocycles. The summed E-state index contributed by atoms with van der Waals surface area (Å²) in [6, 6.07) is 5.78. The molecule has 1 aromatic rings. The number of ether oxygens (including phenoxy) is 3. The fraction of sp³-hybridized carbons (Fsp3) is 0.588. The number of carbonyl (C=O) groups is 1. The van der Waals surface area contributed by atoms with Crippen LogP contribution in [0.2, 0.25) is 0 Å². The van der Waals surface area contributed by atoms with E-state index in [2.05, 4.69) is 10.6 Å². The first-order valence-corrected chi connectivity index (χ1v) is 8.27. The normalized spacial score (nSPS) is 20.8. The van der Waals surface area contributed by atoms with Crippen LogP contribution >= 0.6 is 0 Å². The van der Waals surface area contributed by atoms with Crippen molar-refractivity contribution in [1.82, 2.24) is 10.6 Å². The van der Waals surface area contributed by atoms with E-state index in [0.29, 0.717) is 19.8 Å². The van der Waals surface area contributed by atoms with Gasteiger partial charge in [-0.25, -0.2) is 4.79 Å². The van der Waals surface area contributed by atoms with Crippen molar-refractivity contribution in [2.45, 2.75) is 38.3 Å². The Morgan fingerprint density at radius 2 is 2.09 bits per heavy atom. The standard InChI is InChI=1S/C17H24N2O4/c1-12(14-3-2-8-21-14)19-17(20)18-7-6-13-4-5-15-16(11-13)23-10-9-22-15/h4-5,11-12,14H,2-3,6-10H2,1H3,(H2,18,19,20). The molecule has 0 radical (unpaired) electrons. The summed E-state index contributed by atoms with van der Waals surface area (Å²) < 4.78 is 16.6. The minimum Gasteiger partial charge on any atom is -0.486 e. The summed E-state index contributed by atoms with van der Waals surface area (Å²) in [5, 5.41) is 5.83. The summed E-state index contributed by atoms with van der Waals surface area (Å²) in [5.74, 6) is 1.57. The molecular weight excluding hydrogens is 296 g/mol. The second-order valence-corrected chi connectivity index (χ2v) is 5.97. The number of carbonyl (C=O) groups excluding carboxylic acids is 1. The van der Waals surface area contributed by atoms with Crippen molar-refractivity contribution in [2.75, 3.05) is 26.4 Å². The Hall–Kier alpha value is -1.95. The molecule has 2 atom stereocenters. The zero-order chi connectivity index (χ0) is 16.1. The smallest absolute Gasteiger partial charge is 0.315 e. The average molecular weight is 320 g/mol. The van der Waals surface area contributed by atoms with E-state index in [1.807, 2.05) is 25.1 Å². The maximum atomic E-state index is 11.9. The number of nitrogens with one attached hydrogen (secondary N) is 2. The van der Waals surface area contributed by atoms with Gasteiger partial charge in [-0.15, -0.1) is 0 Å². The second kappa shape index (κ2) is 7.55. The summed E-state index contributed by atoms with van der Waals surface area (Å²) >= 11 is 0. The maximum absolute atomic E-state index is 11.9. The van der Waals surface area contributed by atoms with Gasteiger partial charge in [-0.2, -0.15) is 0 Å². The molecule has 2 N–H and O–H groups in total. The number of hydrogen-bond acceptors (Lipinski definition) is 4. The SMILES string of the molecule is CC(NC(=O)NCCc1ccc2c(c1)OCCO2)C1CCCO1. The van der Waals surface area contributed by atoms with Gasteiger partial charge in [-0.05, 0) is 43.9 Å². The molecule has 1 aromatic carbocycles. The Morgan fingerprint density at radius 1 is 1.26 bits per heavy atom. The first kappa shape index (κ1) is 15.9. The van der Waals surface area contributed by atoms with Gasteiger partial charge in [-0.3, -0.25) is 0 Å². The highest BCUT2D eigenvalue weighted by Crippen LogP contribution is 2.30. The summed E-state index contributed by atoms with van der Waals surface area (Å²) in [6.07, 6.45) is 2.97. The van der Waals surface area contributed by atoms with E-state index in [0.717, 1.165) is 42.9 Å². The number of rotatable bonds is 5. The van der Waals surface area contributed by atoms with Gasteiger partial charge >= 0.3 is 6.03 Å². The lowest BCUT2D eigenvalue weighted by atomic mass is 10.1. The molecule has 0 spiro atoms. The van der Waals surface area contributed by atoms with Crippen LogP contribution < -0.4 is 20.1 Å². The van der Waals surface area contributed by atoms with Gasteiger partial charge in [-0.1, -0.05) is 6.07 Å². The lowest BCUT2D eigenvalue weighted by molar-refractivity contribution is 0.0860. The van der Waals surface area contributed by atoms with Crippen LogP contribution in [0.4, 0.5) is 4.79 Å². The van der Waals surface area contributed by atoms with Crippen LogP contribution in [0.25, 0.3) is 0 Å². The van der Waals surface area contributed by atoms with Gasteiger partial charge in [0.15, 0.2) is 11.5 Å². The van der Waals surface area contributed by atoms with Gasteiger partial charge in [0.1, 0.15) is 13.2 Å². The summed E-state index contributed by atoms with van der Waals surface area (Å²) in [5.41, 5.74) is 1.11. The van der Waals surface area contributed by atoms with E-state index >= 15 is 0 Å². The van der Waals surface area contributed by atoms with Gasteiger partial charge in [0, 0.05) is 13.2 Å². The van der Waals surface area contributed by atoms with E-state index in [4.69, 9.17) is 14.2 Å². The highest BCUT2D eigenvalue weighted by Gasteiger charge is 2.23. The monoisotopic (exact) mass is 320 g/mol. The molecule has 0 bridgehead atoms. The molecule has 0 aliphatic carbocycles. The molecule has 1 fully saturated rings. The van der Waals surface area contributed by atoms with E-state index in [-0.39, 0.29) is 18.2 Å². The quantitative estimate of drug-likeness (QED) is 0.869. The Kier molecular flexibility index (Phi) is 5.23. The third kappa shape index (κ3) is 4.28. The molecule has 2 heterocycles. The van der Waals surface area contributed by atoms with Gasteiger partial charge < -0.3 is 24.8 Å². The van der Waals surface area contributed by atoms with Crippen molar-refractivity contribution in [2.24, 2.45) is 0 Å². The molecule has 6 nitrogen and oxygen atoms in total. The molecule has 126 valence electrons. The molecule has 0 aromatic heterocycles. The lowest BCUT2D eigenvalue weighted by Gasteiger charge is -2.20. The summed E-state index contributed by atoms with van der Waals surface area (Å²) in [4.78, 5) is 11.9. The van der Waals surface area contributed by atoms with Crippen molar-refractivity contribution in [1.29, 1.82) is 0 Å². The second-order valence-electron chi connectivity index (χ2n) is 5.97. The van der Waals surface area contributed by atoms with E-state index in [1.165, 1.54) is 0 Å². The molecule has 6 heteroatoms. The minimum absolute atomic E-state index is 0.0341. The van der Waals surface area contributed by atoms with Crippen molar-refractivity contribution in [3.8, 4) is 11.5 Å². The first-order valence-electron chi connectivity index (χ1n) is 8.27. The zero-order valence-electron chi connectivity index (χ0n) is 13.5. The van der Waals surface area contributed by atoms with E-state index in [9.17, 15) is 4.79 Å². The molecule has 0 saturated carbocycles. The number of amides is 2. The van der Waals surface area contributed by atoms with Crippen molar-refractivity contribution >= 4 is 6.03 Å². The molecular formula is C17H24N2O4. The van der Waals surface area contributed by atoms with E-state index in [1.54, 1.807) is 0 Å². The molecule has 2 aliphatic heterocycles. The fourth-order valence-electron chi connectivity index (χ4n) is 2.91. The molecule has 23 heavy (non-hydrogen) atoms. The predicted molar refractivity (Wildman–Crippen MR) is 86.1 cm³/mol. The van der Waals surface area contributed by atoms with Crippen molar-refractivity contribution in [3.05, 3.63) is 23.8 Å². The van der Waals surface area contributed by atoms with Crippen LogP contribution in [0, 0.1) is 0 Å². The van der Waals surface area contributed by atoms with Crippen molar-refractivity contribution < 1.29 is 19.0 Å². The third-order valence-electron chi connectivity index (χ3n) is 4.19. The average Bonchev–Trinajstić information content (AvgIpc) is 3.09. The number of hydrogen-bond donors (Lipinski definition) is 2. The molecule has 2 aliphatic rings. The van der Waals surface area contributed by atoms with Gasteiger partial charge in [0.25, 0.3) is 0 Å². The van der Waals surface area contributed by atoms with Crippen LogP contribution in [-0.4, -0.2) is 44.5 Å². The molecule has 2 amide bonds. The van der Waals surface area contributed by atoms with Crippen LogP contribution in [0.5, 0.6) is 11.5 Å². The highest BCUT2D eigenvalue weighted by molar-refractivity contribution is 5.74. The van der Waals surface area contributed by atoms with Gasteiger partial charge in [0.05, 0.1) is 12.1 Å². The summed E-state index contributed by atoms with van der Waals surface area (Å²) in [7, 11) is 0. The largest absolute Gasteiger partial charge is 0.486 e. The van der Waals surface area contributed by atoms with E-state index < -0.39 is 0 Å². The Balaban J connectivity index is 1.41. The number of fused-ring (bicyclic) bond motifs is 1. The highest BCUT2D eigenvalue weighted by atomic mass is 16.6. The van der Waals surface area contributed by atoms with Crippen molar-refractivity contribution in [3.63, 3.8) is 0 Å². The fourth-order valence-corrected chi connectivity index (χ4v) is 2.91. The topological polar surface area (TPSA) is 68.8 Å². The Labute approximate surface area is 136 Å². The van der Waals surface area contributed by atoms with Crippen LogP contribution in [0.3, 0.4) is 0 Å². The Morgan fingerprint density at radius 3 is 2.87 bits per heavy atom. The number of benzene rings is 1. The zero-order valence-corrected chi connectivity index (χ0v) is 13.5. The van der Waals surface area contributed by atoms with Crippen LogP contribution in [-0.2, 0) is 11.2 Å². The van der Waals surface area contributed by atoms with Crippen LogP contribution in [0.1, 0.15) is 25.3 Å². The lowest BCUT2D eigenvalue weighted by Crippen LogP contribution is -2.46. The minimum atomic E-state index is -0.148. The maximum Gasteiger partial charge on any atom is 0.315 e. The summed E-state index contributed by atoms with van der Waals surface area (Å²) in [6.45, 7) is 4.53. The molecule has 3 rings (SSSR count). The molecule has 2 unspecified atom stereocenters. The predicted octanol–water partition coefficient (Wildman–Crippen LogP) is 1.87. The third-order valence-corrected chi connectivity index (χ3v) is 4.19. The Bertz CT molecular complexity index is 543. The van der Waals surface area contributed by atoms with Crippen LogP contribution in [0.15, 0.2) is 18.2 Å². The van der Waals surface area contributed by atoms with Gasteiger partial charge in [0.2, 0.25) is 0 Å². The first-order chi connectivity index (χ1) is 11.2. The number of urea groups is 1.